The highest BCUT2D eigenvalue weighted by Gasteiger charge is 2.55. The van der Waals surface area contributed by atoms with Crippen molar-refractivity contribution in [1.29, 1.82) is 10.5 Å². The van der Waals surface area contributed by atoms with E-state index in [1.54, 1.807) is 6.08 Å². The van der Waals surface area contributed by atoms with Crippen LogP contribution in [0, 0.1) is 33.5 Å². The van der Waals surface area contributed by atoms with Gasteiger partial charge in [0.1, 0.15) is 5.78 Å². The van der Waals surface area contributed by atoms with Crippen LogP contribution in [0.15, 0.2) is 43.0 Å². The van der Waals surface area contributed by atoms with E-state index < -0.39 is 16.7 Å². The van der Waals surface area contributed by atoms with Crippen LogP contribution in [0.4, 0.5) is 0 Å². The third-order valence-corrected chi connectivity index (χ3v) is 5.51. The number of ketones is 1. The summed E-state index contributed by atoms with van der Waals surface area (Å²) in [6.45, 7) is 5.75. The van der Waals surface area contributed by atoms with E-state index in [0.29, 0.717) is 12.8 Å². The highest BCUT2D eigenvalue weighted by atomic mass is 16.1. The van der Waals surface area contributed by atoms with Gasteiger partial charge in [0.25, 0.3) is 0 Å². The van der Waals surface area contributed by atoms with E-state index in [2.05, 4.69) is 18.7 Å². The van der Waals surface area contributed by atoms with Crippen LogP contribution in [0.1, 0.15) is 56.9 Å². The Hall–Kier alpha value is -2.39. The van der Waals surface area contributed by atoms with E-state index in [-0.39, 0.29) is 12.2 Å². The van der Waals surface area contributed by atoms with Crippen LogP contribution in [0.25, 0.3) is 0 Å². The number of rotatable bonds is 6. The van der Waals surface area contributed by atoms with Crippen molar-refractivity contribution in [1.82, 2.24) is 0 Å². The second-order valence-corrected chi connectivity index (χ2v) is 6.67. The molecule has 1 saturated carbocycles. The molecule has 2 rings (SSSR count). The molecule has 0 spiro atoms. The Kier molecular flexibility index (Phi) is 5.58. The highest BCUT2D eigenvalue weighted by Crippen LogP contribution is 2.56. The van der Waals surface area contributed by atoms with Crippen LogP contribution in [-0.4, -0.2) is 5.78 Å². The zero-order valence-corrected chi connectivity index (χ0v) is 14.3. The summed E-state index contributed by atoms with van der Waals surface area (Å²) in [6, 6.07) is 14.1. The zero-order valence-electron chi connectivity index (χ0n) is 14.3. The number of nitriles is 2. The molecule has 0 N–H and O–H groups in total. The maximum absolute atomic E-state index is 13.0. The number of allylic oxidation sites excluding steroid dienone is 1. The van der Waals surface area contributed by atoms with Crippen molar-refractivity contribution in [2.24, 2.45) is 10.8 Å². The molecule has 1 aromatic rings. The van der Waals surface area contributed by atoms with Crippen molar-refractivity contribution < 1.29 is 4.79 Å². The first kappa shape index (κ1) is 18.0. The molecular weight excluding hydrogens is 296 g/mol. The van der Waals surface area contributed by atoms with E-state index in [0.717, 1.165) is 24.8 Å². The maximum Gasteiger partial charge on any atom is 0.154 e. The lowest BCUT2D eigenvalue weighted by molar-refractivity contribution is -0.134. The number of benzene rings is 1. The van der Waals surface area contributed by atoms with Crippen molar-refractivity contribution in [3.8, 4) is 12.1 Å². The second kappa shape index (κ2) is 7.45. The predicted molar refractivity (Wildman–Crippen MR) is 93.9 cm³/mol. The third kappa shape index (κ3) is 2.87. The van der Waals surface area contributed by atoms with Crippen LogP contribution >= 0.6 is 0 Å². The van der Waals surface area contributed by atoms with Gasteiger partial charge in [0.15, 0.2) is 5.41 Å². The number of Topliss-reactive ketones (excluding diaryl/α,β-unsaturated/α-hetero) is 1. The Morgan fingerprint density at radius 3 is 2.46 bits per heavy atom. The Bertz CT molecular complexity index is 666. The van der Waals surface area contributed by atoms with Gasteiger partial charge in [-0.25, -0.2) is 0 Å². The summed E-state index contributed by atoms with van der Waals surface area (Å²) in [5, 5.41) is 19.9. The average Bonchev–Trinajstić information content (AvgIpc) is 2.63. The van der Waals surface area contributed by atoms with Crippen molar-refractivity contribution in [2.45, 2.75) is 51.4 Å². The van der Waals surface area contributed by atoms with Crippen LogP contribution in [0.3, 0.4) is 0 Å². The average molecular weight is 320 g/mol. The molecule has 2 atom stereocenters. The molecule has 3 heteroatoms. The van der Waals surface area contributed by atoms with Gasteiger partial charge in [-0.2, -0.15) is 10.5 Å². The molecule has 0 saturated heterocycles. The third-order valence-electron chi connectivity index (χ3n) is 5.51. The molecule has 0 radical (unpaired) electrons. The van der Waals surface area contributed by atoms with E-state index >= 15 is 0 Å². The minimum absolute atomic E-state index is 0.198. The molecule has 1 fully saturated rings. The van der Waals surface area contributed by atoms with Gasteiger partial charge in [-0.15, -0.1) is 6.58 Å². The fourth-order valence-corrected chi connectivity index (χ4v) is 4.31. The number of nitrogens with zero attached hydrogens (tertiary/aromatic N) is 2. The fraction of sp³-hybridized carbons (Fsp3) is 0.476. The Morgan fingerprint density at radius 2 is 1.96 bits per heavy atom. The Labute approximate surface area is 144 Å². The first-order valence-corrected chi connectivity index (χ1v) is 8.62. The predicted octanol–water partition coefficient (Wildman–Crippen LogP) is 4.92. The quantitative estimate of drug-likeness (QED) is 0.699. The van der Waals surface area contributed by atoms with E-state index in [4.69, 9.17) is 0 Å². The molecule has 0 aromatic heterocycles. The van der Waals surface area contributed by atoms with Gasteiger partial charge in [-0.05, 0) is 31.2 Å². The van der Waals surface area contributed by atoms with Gasteiger partial charge in [-0.3, -0.25) is 4.79 Å². The summed E-state index contributed by atoms with van der Waals surface area (Å²) in [6.07, 6.45) is 5.67. The molecule has 1 aromatic carbocycles. The monoisotopic (exact) mass is 320 g/mol. The summed E-state index contributed by atoms with van der Waals surface area (Å²) in [4.78, 5) is 13.0. The molecule has 24 heavy (non-hydrogen) atoms. The van der Waals surface area contributed by atoms with Crippen molar-refractivity contribution in [2.75, 3.05) is 0 Å². The van der Waals surface area contributed by atoms with E-state index in [9.17, 15) is 15.3 Å². The summed E-state index contributed by atoms with van der Waals surface area (Å²) >= 11 is 0. The van der Waals surface area contributed by atoms with Gasteiger partial charge in [-0.1, -0.05) is 49.8 Å². The van der Waals surface area contributed by atoms with Crippen LogP contribution < -0.4 is 0 Å². The highest BCUT2D eigenvalue weighted by molar-refractivity contribution is 5.87. The molecule has 0 heterocycles. The topological polar surface area (TPSA) is 64.7 Å². The Morgan fingerprint density at radius 1 is 1.29 bits per heavy atom. The molecule has 1 aliphatic carbocycles. The van der Waals surface area contributed by atoms with Gasteiger partial charge < -0.3 is 0 Å². The zero-order chi connectivity index (χ0) is 17.6. The lowest BCUT2D eigenvalue weighted by atomic mass is 9.53. The summed E-state index contributed by atoms with van der Waals surface area (Å²) in [5.74, 6) is -0.235. The smallest absolute Gasteiger partial charge is 0.154 e. The van der Waals surface area contributed by atoms with Crippen LogP contribution in [-0.2, 0) is 4.79 Å². The minimum atomic E-state index is -1.27. The lowest BCUT2D eigenvalue weighted by Crippen LogP contribution is -2.46. The summed E-state index contributed by atoms with van der Waals surface area (Å²) in [7, 11) is 0. The standard InChI is InChI=1S/C21H24N2O/c1-3-13-20(15-22,16-23)19(17-10-6-5-7-11-17)21(4-2)14-9-8-12-18(21)24/h3,5-7,10-11,19H,1,4,8-9,12-14H2,2H3/t19-,21+/m1/s1. The molecule has 3 nitrogen and oxygen atoms in total. The van der Waals surface area contributed by atoms with Crippen LogP contribution in [0.5, 0.6) is 0 Å². The van der Waals surface area contributed by atoms with Crippen molar-refractivity contribution >= 4 is 5.78 Å². The Balaban J connectivity index is 2.72. The number of carbonyl (C=O) groups excluding carboxylic acids is 1. The van der Waals surface area contributed by atoms with Gasteiger partial charge in [0.05, 0.1) is 12.1 Å². The summed E-state index contributed by atoms with van der Waals surface area (Å²) in [5.41, 5.74) is -1.01. The van der Waals surface area contributed by atoms with Crippen molar-refractivity contribution in [3.05, 3.63) is 48.6 Å². The molecular formula is C21H24N2O. The number of hydrogen-bond donors (Lipinski definition) is 0. The molecule has 0 bridgehead atoms. The number of hydrogen-bond acceptors (Lipinski definition) is 3. The molecule has 0 aliphatic heterocycles. The van der Waals surface area contributed by atoms with Gasteiger partial charge in [0.2, 0.25) is 0 Å². The minimum Gasteiger partial charge on any atom is -0.299 e. The van der Waals surface area contributed by atoms with Crippen LogP contribution in [0.2, 0.25) is 0 Å². The first-order chi connectivity index (χ1) is 11.6. The van der Waals surface area contributed by atoms with E-state index in [1.165, 1.54) is 0 Å². The molecule has 0 amide bonds. The van der Waals surface area contributed by atoms with Crippen molar-refractivity contribution in [3.63, 3.8) is 0 Å². The summed E-state index contributed by atoms with van der Waals surface area (Å²) < 4.78 is 0. The van der Waals surface area contributed by atoms with E-state index in [1.807, 2.05) is 37.3 Å². The molecule has 1 aliphatic rings. The fourth-order valence-electron chi connectivity index (χ4n) is 4.31. The van der Waals surface area contributed by atoms with Gasteiger partial charge in [0, 0.05) is 17.8 Å². The molecule has 0 unspecified atom stereocenters. The normalized spacial score (nSPS) is 22.2. The van der Waals surface area contributed by atoms with Gasteiger partial charge >= 0.3 is 0 Å². The lowest BCUT2D eigenvalue weighted by Gasteiger charge is -2.46. The number of carbonyl (C=O) groups is 1. The largest absolute Gasteiger partial charge is 0.299 e. The SMILES string of the molecule is C=CCC(C#N)(C#N)[C@@H](c1ccccc1)[C@@]1(CC)CCCCC1=O. The maximum atomic E-state index is 13.0. The first-order valence-electron chi connectivity index (χ1n) is 8.62. The molecule has 124 valence electrons. The second-order valence-electron chi connectivity index (χ2n) is 6.67.